The van der Waals surface area contributed by atoms with Crippen molar-refractivity contribution in [2.45, 2.75) is 26.3 Å². The highest BCUT2D eigenvalue weighted by atomic mass is 16.5. The van der Waals surface area contributed by atoms with Crippen molar-refractivity contribution in [1.29, 1.82) is 0 Å². The van der Waals surface area contributed by atoms with Crippen molar-refractivity contribution in [2.75, 3.05) is 32.8 Å². The number of carbonyl (C=O) groups is 2. The molecule has 0 aromatic carbocycles. The SMILES string of the molecule is CC1CCN(C(=O)N2CCOCC2C(=O)O)CC1C. The van der Waals surface area contributed by atoms with Gasteiger partial charge in [-0.25, -0.2) is 9.59 Å². The number of carboxylic acids is 1. The van der Waals surface area contributed by atoms with E-state index in [1.54, 1.807) is 4.90 Å². The Labute approximate surface area is 113 Å². The summed E-state index contributed by atoms with van der Waals surface area (Å²) in [7, 11) is 0. The lowest BCUT2D eigenvalue weighted by Crippen LogP contribution is -2.58. The van der Waals surface area contributed by atoms with Gasteiger partial charge >= 0.3 is 12.0 Å². The Hall–Kier alpha value is -1.30. The van der Waals surface area contributed by atoms with Gasteiger partial charge in [0.15, 0.2) is 6.04 Å². The Morgan fingerprint density at radius 2 is 1.95 bits per heavy atom. The normalized spacial score (nSPS) is 32.2. The fourth-order valence-electron chi connectivity index (χ4n) is 2.66. The van der Waals surface area contributed by atoms with Gasteiger partial charge in [0.25, 0.3) is 0 Å². The number of nitrogens with zero attached hydrogens (tertiary/aromatic N) is 2. The van der Waals surface area contributed by atoms with E-state index in [0.717, 1.165) is 6.42 Å². The number of amides is 2. The van der Waals surface area contributed by atoms with Crippen LogP contribution in [0.4, 0.5) is 4.79 Å². The largest absolute Gasteiger partial charge is 0.480 e. The van der Waals surface area contributed by atoms with Crippen LogP contribution >= 0.6 is 0 Å². The molecule has 2 heterocycles. The Morgan fingerprint density at radius 1 is 1.21 bits per heavy atom. The zero-order valence-corrected chi connectivity index (χ0v) is 11.5. The summed E-state index contributed by atoms with van der Waals surface area (Å²) >= 11 is 0. The molecule has 2 fully saturated rings. The van der Waals surface area contributed by atoms with E-state index in [2.05, 4.69) is 13.8 Å². The van der Waals surface area contributed by atoms with E-state index < -0.39 is 12.0 Å². The number of hydrogen-bond acceptors (Lipinski definition) is 3. The molecule has 0 bridgehead atoms. The molecule has 108 valence electrons. The Balaban J connectivity index is 2.03. The molecule has 6 heteroatoms. The van der Waals surface area contributed by atoms with E-state index in [-0.39, 0.29) is 12.6 Å². The van der Waals surface area contributed by atoms with Crippen molar-refractivity contribution < 1.29 is 19.4 Å². The molecule has 1 N–H and O–H groups in total. The third-order valence-corrected chi connectivity index (χ3v) is 4.26. The molecule has 2 rings (SSSR count). The van der Waals surface area contributed by atoms with Gasteiger partial charge in [-0.2, -0.15) is 0 Å². The minimum Gasteiger partial charge on any atom is -0.480 e. The summed E-state index contributed by atoms with van der Waals surface area (Å²) in [6.07, 6.45) is 0.981. The molecule has 3 unspecified atom stereocenters. The van der Waals surface area contributed by atoms with E-state index in [9.17, 15) is 9.59 Å². The van der Waals surface area contributed by atoms with Gasteiger partial charge in [-0.1, -0.05) is 13.8 Å². The number of carbonyl (C=O) groups excluding carboxylic acids is 1. The second-order valence-electron chi connectivity index (χ2n) is 5.59. The van der Waals surface area contributed by atoms with E-state index in [1.807, 2.05) is 0 Å². The van der Waals surface area contributed by atoms with Crippen LogP contribution < -0.4 is 0 Å². The van der Waals surface area contributed by atoms with E-state index in [0.29, 0.717) is 38.1 Å². The zero-order chi connectivity index (χ0) is 14.0. The van der Waals surface area contributed by atoms with Crippen LogP contribution in [0.2, 0.25) is 0 Å². The lowest BCUT2D eigenvalue weighted by atomic mass is 9.89. The van der Waals surface area contributed by atoms with Gasteiger partial charge in [0.05, 0.1) is 13.2 Å². The Kier molecular flexibility index (Phi) is 4.29. The first-order valence-electron chi connectivity index (χ1n) is 6.86. The molecule has 0 radical (unpaired) electrons. The van der Waals surface area contributed by atoms with Crippen LogP contribution in [0, 0.1) is 11.8 Å². The predicted octanol–water partition coefficient (Wildman–Crippen LogP) is 0.870. The van der Waals surface area contributed by atoms with Gasteiger partial charge in [-0.15, -0.1) is 0 Å². The first kappa shape index (κ1) is 14.1. The van der Waals surface area contributed by atoms with Gasteiger partial charge < -0.3 is 19.6 Å². The third-order valence-electron chi connectivity index (χ3n) is 4.26. The number of carboxylic acid groups (broad SMARTS) is 1. The molecule has 19 heavy (non-hydrogen) atoms. The zero-order valence-electron chi connectivity index (χ0n) is 11.5. The summed E-state index contributed by atoms with van der Waals surface area (Å²) < 4.78 is 5.16. The summed E-state index contributed by atoms with van der Waals surface area (Å²) in [5.74, 6) is 0.0810. The molecule has 6 nitrogen and oxygen atoms in total. The number of rotatable bonds is 1. The van der Waals surface area contributed by atoms with E-state index in [1.165, 1.54) is 4.90 Å². The quantitative estimate of drug-likeness (QED) is 0.767. The molecular weight excluding hydrogens is 248 g/mol. The predicted molar refractivity (Wildman–Crippen MR) is 68.9 cm³/mol. The average molecular weight is 270 g/mol. The standard InChI is InChI=1S/C13H22N2O4/c1-9-3-4-14(7-10(9)2)13(18)15-5-6-19-8-11(15)12(16)17/h9-11H,3-8H2,1-2H3,(H,16,17). The first-order valence-corrected chi connectivity index (χ1v) is 6.86. The van der Waals surface area contributed by atoms with Crippen LogP contribution in [0.1, 0.15) is 20.3 Å². The fraction of sp³-hybridized carbons (Fsp3) is 0.846. The monoisotopic (exact) mass is 270 g/mol. The highest BCUT2D eigenvalue weighted by Crippen LogP contribution is 2.24. The molecular formula is C13H22N2O4. The van der Waals surface area contributed by atoms with Crippen molar-refractivity contribution in [3.8, 4) is 0 Å². The summed E-state index contributed by atoms with van der Waals surface area (Å²) in [4.78, 5) is 26.9. The van der Waals surface area contributed by atoms with Crippen LogP contribution in [-0.2, 0) is 9.53 Å². The minimum atomic E-state index is -0.994. The van der Waals surface area contributed by atoms with Crippen LogP contribution in [-0.4, -0.2) is 65.8 Å². The Morgan fingerprint density at radius 3 is 2.58 bits per heavy atom. The maximum atomic E-state index is 12.5. The molecule has 0 aromatic rings. The molecule has 2 amide bonds. The third kappa shape index (κ3) is 3.00. The van der Waals surface area contributed by atoms with Crippen LogP contribution in [0.3, 0.4) is 0 Å². The number of likely N-dealkylation sites (tertiary alicyclic amines) is 1. The highest BCUT2D eigenvalue weighted by molar-refractivity contribution is 5.83. The molecule has 2 aliphatic rings. The smallest absolute Gasteiger partial charge is 0.328 e. The molecule has 3 atom stereocenters. The highest BCUT2D eigenvalue weighted by Gasteiger charge is 2.36. The van der Waals surface area contributed by atoms with E-state index in [4.69, 9.17) is 9.84 Å². The lowest BCUT2D eigenvalue weighted by molar-refractivity contribution is -0.147. The fourth-order valence-corrected chi connectivity index (χ4v) is 2.66. The topological polar surface area (TPSA) is 70.1 Å². The second-order valence-corrected chi connectivity index (χ2v) is 5.59. The van der Waals surface area contributed by atoms with Crippen molar-refractivity contribution in [1.82, 2.24) is 9.80 Å². The van der Waals surface area contributed by atoms with Gasteiger partial charge in [-0.3, -0.25) is 0 Å². The lowest BCUT2D eigenvalue weighted by Gasteiger charge is -2.41. The molecule has 2 saturated heterocycles. The van der Waals surface area contributed by atoms with Crippen molar-refractivity contribution in [2.24, 2.45) is 11.8 Å². The van der Waals surface area contributed by atoms with Gasteiger partial charge in [0, 0.05) is 19.6 Å². The number of aliphatic carboxylic acids is 1. The number of hydrogen-bond donors (Lipinski definition) is 1. The second kappa shape index (κ2) is 5.77. The maximum absolute atomic E-state index is 12.5. The van der Waals surface area contributed by atoms with Crippen molar-refractivity contribution >= 4 is 12.0 Å². The van der Waals surface area contributed by atoms with Crippen molar-refractivity contribution in [3.05, 3.63) is 0 Å². The summed E-state index contributed by atoms with van der Waals surface area (Å²) in [5.41, 5.74) is 0. The van der Waals surface area contributed by atoms with Crippen LogP contribution in [0.25, 0.3) is 0 Å². The Bertz CT molecular complexity index is 361. The van der Waals surface area contributed by atoms with Gasteiger partial charge in [-0.05, 0) is 18.3 Å². The molecule has 2 aliphatic heterocycles. The van der Waals surface area contributed by atoms with Crippen molar-refractivity contribution in [3.63, 3.8) is 0 Å². The van der Waals surface area contributed by atoms with E-state index >= 15 is 0 Å². The number of morpholine rings is 1. The summed E-state index contributed by atoms with van der Waals surface area (Å²) in [6, 6.07) is -1.01. The molecule has 0 saturated carbocycles. The minimum absolute atomic E-state index is 0.0842. The summed E-state index contributed by atoms with van der Waals surface area (Å²) in [6.45, 7) is 6.61. The first-order chi connectivity index (χ1) is 9.00. The molecule has 0 spiro atoms. The average Bonchev–Trinajstić information content (AvgIpc) is 2.41. The molecule has 0 aliphatic carbocycles. The number of piperidine rings is 1. The number of urea groups is 1. The summed E-state index contributed by atoms with van der Waals surface area (Å²) in [5, 5.41) is 9.16. The number of ether oxygens (including phenoxy) is 1. The molecule has 0 aromatic heterocycles. The van der Waals surface area contributed by atoms with Crippen LogP contribution in [0.5, 0.6) is 0 Å². The van der Waals surface area contributed by atoms with Crippen LogP contribution in [0.15, 0.2) is 0 Å². The maximum Gasteiger partial charge on any atom is 0.328 e. The van der Waals surface area contributed by atoms with Gasteiger partial charge in [0.1, 0.15) is 0 Å². The van der Waals surface area contributed by atoms with Gasteiger partial charge in [0.2, 0.25) is 0 Å².